The fraction of sp³-hybridized carbons (Fsp3) is 0.500. The number of nitrogens with zero attached hydrogens (tertiary/aromatic N) is 1. The van der Waals surface area contributed by atoms with Gasteiger partial charge in [0.15, 0.2) is 5.11 Å². The van der Waals surface area contributed by atoms with Crippen LogP contribution in [0.15, 0.2) is 18.2 Å². The monoisotopic (exact) mass is 339 g/mol. The standard InChI is InChI=1S/C16H22ClN3OS/c1-11(2)15(21)19-16(22)18-12-6-7-14(13(17)10-12)20-8-4-3-5-9-20/h6-7,10-11H,3-5,8-9H2,1-2H3,(H2,18,19,21,22). The molecule has 6 heteroatoms. The molecule has 1 aromatic rings. The zero-order valence-electron chi connectivity index (χ0n) is 13.0. The third kappa shape index (κ3) is 4.58. The summed E-state index contributed by atoms with van der Waals surface area (Å²) in [6, 6.07) is 5.78. The number of hydrogen-bond donors (Lipinski definition) is 2. The Morgan fingerprint density at radius 3 is 2.55 bits per heavy atom. The van der Waals surface area contributed by atoms with Gasteiger partial charge in [0.2, 0.25) is 5.91 Å². The molecular formula is C16H22ClN3OS. The van der Waals surface area contributed by atoms with Crippen LogP contribution >= 0.6 is 23.8 Å². The van der Waals surface area contributed by atoms with Crippen molar-refractivity contribution in [1.82, 2.24) is 5.32 Å². The third-order valence-corrected chi connectivity index (χ3v) is 4.17. The zero-order chi connectivity index (χ0) is 16.1. The van der Waals surface area contributed by atoms with Crippen LogP contribution in [0, 0.1) is 5.92 Å². The largest absolute Gasteiger partial charge is 0.370 e. The third-order valence-electron chi connectivity index (χ3n) is 3.66. The van der Waals surface area contributed by atoms with Crippen LogP contribution in [0.3, 0.4) is 0 Å². The molecule has 0 bridgehead atoms. The molecule has 2 N–H and O–H groups in total. The average Bonchev–Trinajstić information content (AvgIpc) is 2.48. The van der Waals surface area contributed by atoms with Gasteiger partial charge in [-0.25, -0.2) is 0 Å². The van der Waals surface area contributed by atoms with Gasteiger partial charge < -0.3 is 15.5 Å². The zero-order valence-corrected chi connectivity index (χ0v) is 14.6. The van der Waals surface area contributed by atoms with Crippen molar-refractivity contribution >= 4 is 46.2 Å². The molecule has 0 atom stereocenters. The van der Waals surface area contributed by atoms with Crippen LogP contribution in [-0.2, 0) is 4.79 Å². The Morgan fingerprint density at radius 1 is 1.27 bits per heavy atom. The summed E-state index contributed by atoms with van der Waals surface area (Å²) in [5, 5.41) is 6.64. The maximum atomic E-state index is 11.6. The lowest BCUT2D eigenvalue weighted by Gasteiger charge is -2.29. The number of amides is 1. The minimum atomic E-state index is -0.107. The summed E-state index contributed by atoms with van der Waals surface area (Å²) in [7, 11) is 0. The first-order valence-electron chi connectivity index (χ1n) is 7.63. The SMILES string of the molecule is CC(C)C(=O)NC(=S)Nc1ccc(N2CCCCC2)c(Cl)c1. The topological polar surface area (TPSA) is 44.4 Å². The summed E-state index contributed by atoms with van der Waals surface area (Å²) in [6.45, 7) is 5.75. The van der Waals surface area contributed by atoms with E-state index in [4.69, 9.17) is 23.8 Å². The molecule has 0 aliphatic carbocycles. The highest BCUT2D eigenvalue weighted by molar-refractivity contribution is 7.80. The van der Waals surface area contributed by atoms with E-state index in [9.17, 15) is 4.79 Å². The van der Waals surface area contributed by atoms with Crippen molar-refractivity contribution in [2.45, 2.75) is 33.1 Å². The van der Waals surface area contributed by atoms with E-state index in [-0.39, 0.29) is 11.8 Å². The van der Waals surface area contributed by atoms with Gasteiger partial charge in [0.05, 0.1) is 10.7 Å². The van der Waals surface area contributed by atoms with Gasteiger partial charge in [-0.1, -0.05) is 25.4 Å². The highest BCUT2D eigenvalue weighted by atomic mass is 35.5. The van der Waals surface area contributed by atoms with E-state index >= 15 is 0 Å². The molecule has 1 aromatic carbocycles. The smallest absolute Gasteiger partial charge is 0.228 e. The number of piperidine rings is 1. The van der Waals surface area contributed by atoms with Crippen molar-refractivity contribution in [2.75, 3.05) is 23.3 Å². The molecule has 1 amide bonds. The molecule has 22 heavy (non-hydrogen) atoms. The normalized spacial score (nSPS) is 14.8. The molecule has 120 valence electrons. The van der Waals surface area contributed by atoms with Crippen molar-refractivity contribution < 1.29 is 4.79 Å². The Hall–Kier alpha value is -1.33. The molecule has 0 saturated carbocycles. The number of rotatable bonds is 3. The molecule has 4 nitrogen and oxygen atoms in total. The van der Waals surface area contributed by atoms with Crippen LogP contribution in [-0.4, -0.2) is 24.1 Å². The lowest BCUT2D eigenvalue weighted by atomic mass is 10.1. The van der Waals surface area contributed by atoms with Crippen LogP contribution in [0.2, 0.25) is 5.02 Å². The summed E-state index contributed by atoms with van der Waals surface area (Å²) >= 11 is 11.5. The van der Waals surface area contributed by atoms with E-state index in [1.54, 1.807) is 0 Å². The van der Waals surface area contributed by atoms with Crippen molar-refractivity contribution in [1.29, 1.82) is 0 Å². The summed E-state index contributed by atoms with van der Waals surface area (Å²) in [6.07, 6.45) is 3.71. The minimum absolute atomic E-state index is 0.103. The highest BCUT2D eigenvalue weighted by Gasteiger charge is 2.14. The second-order valence-electron chi connectivity index (χ2n) is 5.81. The van der Waals surface area contributed by atoms with E-state index in [1.165, 1.54) is 19.3 Å². The van der Waals surface area contributed by atoms with E-state index in [0.717, 1.165) is 24.5 Å². The number of carbonyl (C=O) groups is 1. The number of halogens is 1. The first-order chi connectivity index (χ1) is 10.5. The second kappa shape index (κ2) is 7.79. The Labute approximate surface area is 142 Å². The van der Waals surface area contributed by atoms with Gasteiger partial charge in [-0.05, 0) is 49.7 Å². The second-order valence-corrected chi connectivity index (χ2v) is 6.63. The Bertz CT molecular complexity index is 556. The number of hydrogen-bond acceptors (Lipinski definition) is 3. The predicted molar refractivity (Wildman–Crippen MR) is 96.7 cm³/mol. The molecule has 0 spiro atoms. The number of nitrogens with one attached hydrogen (secondary N) is 2. The van der Waals surface area contributed by atoms with Gasteiger partial charge in [0.1, 0.15) is 0 Å². The lowest BCUT2D eigenvalue weighted by molar-refractivity contribution is -0.122. The van der Waals surface area contributed by atoms with Gasteiger partial charge in [-0.3, -0.25) is 4.79 Å². The van der Waals surface area contributed by atoms with E-state index < -0.39 is 0 Å². The van der Waals surface area contributed by atoms with Crippen molar-refractivity contribution in [2.24, 2.45) is 5.92 Å². The highest BCUT2D eigenvalue weighted by Crippen LogP contribution is 2.30. The first kappa shape index (κ1) is 17.0. The summed E-state index contributed by atoms with van der Waals surface area (Å²) in [5.74, 6) is -0.210. The molecule has 0 radical (unpaired) electrons. The maximum absolute atomic E-state index is 11.6. The molecule has 0 unspecified atom stereocenters. The summed E-state index contributed by atoms with van der Waals surface area (Å²) in [4.78, 5) is 13.9. The van der Waals surface area contributed by atoms with Crippen LogP contribution in [0.4, 0.5) is 11.4 Å². The summed E-state index contributed by atoms with van der Waals surface area (Å²) in [5.41, 5.74) is 1.84. The molecule has 1 saturated heterocycles. The van der Waals surface area contributed by atoms with Gasteiger partial charge in [-0.15, -0.1) is 0 Å². The predicted octanol–water partition coefficient (Wildman–Crippen LogP) is 3.80. The van der Waals surface area contributed by atoms with Gasteiger partial charge in [-0.2, -0.15) is 0 Å². The molecule has 1 aliphatic heterocycles. The number of anilines is 2. The number of benzene rings is 1. The van der Waals surface area contributed by atoms with Crippen molar-refractivity contribution in [3.05, 3.63) is 23.2 Å². The van der Waals surface area contributed by atoms with Gasteiger partial charge in [0.25, 0.3) is 0 Å². The summed E-state index contributed by atoms with van der Waals surface area (Å²) < 4.78 is 0. The quantitative estimate of drug-likeness (QED) is 0.822. The Kier molecular flexibility index (Phi) is 6.03. The van der Waals surface area contributed by atoms with E-state index in [1.807, 2.05) is 32.0 Å². The van der Waals surface area contributed by atoms with Gasteiger partial charge in [0, 0.05) is 24.7 Å². The number of carbonyl (C=O) groups excluding carboxylic acids is 1. The molecule has 1 aliphatic rings. The molecule has 1 heterocycles. The fourth-order valence-electron chi connectivity index (χ4n) is 2.39. The van der Waals surface area contributed by atoms with Crippen LogP contribution in [0.5, 0.6) is 0 Å². The van der Waals surface area contributed by atoms with Crippen LogP contribution < -0.4 is 15.5 Å². The van der Waals surface area contributed by atoms with E-state index in [0.29, 0.717) is 10.1 Å². The van der Waals surface area contributed by atoms with Crippen LogP contribution in [0.25, 0.3) is 0 Å². The van der Waals surface area contributed by atoms with Gasteiger partial charge >= 0.3 is 0 Å². The van der Waals surface area contributed by atoms with E-state index in [2.05, 4.69) is 15.5 Å². The molecule has 1 fully saturated rings. The molecular weight excluding hydrogens is 318 g/mol. The van der Waals surface area contributed by atoms with Crippen LogP contribution in [0.1, 0.15) is 33.1 Å². The minimum Gasteiger partial charge on any atom is -0.370 e. The van der Waals surface area contributed by atoms with Crippen molar-refractivity contribution in [3.63, 3.8) is 0 Å². The molecule has 0 aromatic heterocycles. The lowest BCUT2D eigenvalue weighted by Crippen LogP contribution is -2.36. The number of thiocarbonyl (C=S) groups is 1. The Balaban J connectivity index is 1.99. The fourth-order valence-corrected chi connectivity index (χ4v) is 2.91. The first-order valence-corrected chi connectivity index (χ1v) is 8.42. The Morgan fingerprint density at radius 2 is 1.95 bits per heavy atom. The van der Waals surface area contributed by atoms with Crippen molar-refractivity contribution in [3.8, 4) is 0 Å². The molecule has 2 rings (SSSR count). The average molecular weight is 340 g/mol. The maximum Gasteiger partial charge on any atom is 0.228 e.